The van der Waals surface area contributed by atoms with Gasteiger partial charge in [0.2, 0.25) is 11.8 Å². The van der Waals surface area contributed by atoms with Gasteiger partial charge in [0.05, 0.1) is 13.2 Å². The molecule has 0 aliphatic carbocycles. The van der Waals surface area contributed by atoms with E-state index in [9.17, 15) is 19.2 Å². The maximum absolute atomic E-state index is 12.7. The van der Waals surface area contributed by atoms with Gasteiger partial charge in [-0.1, -0.05) is 160 Å². The Hall–Kier alpha value is -2.68. The molecule has 0 heterocycles. The Balaban J connectivity index is 3.94. The highest BCUT2D eigenvalue weighted by atomic mass is 16.5. The number of aliphatic hydroxyl groups excluding tert-OH is 1. The van der Waals surface area contributed by atoms with Crippen molar-refractivity contribution in [2.24, 2.45) is 0 Å². The third kappa shape index (κ3) is 38.0. The number of aliphatic hydroxyl groups is 1. The molecular weight excluding hydrogens is 693 g/mol. The number of carbonyl (C=O) groups excluding carboxylic acids is 3. The molecule has 2 amide bonds. The van der Waals surface area contributed by atoms with Crippen LogP contribution in [0.1, 0.15) is 219 Å². The van der Waals surface area contributed by atoms with Crippen LogP contribution in [0.2, 0.25) is 0 Å². The third-order valence-corrected chi connectivity index (χ3v) is 10.2. The molecule has 0 fully saturated rings. The summed E-state index contributed by atoms with van der Waals surface area (Å²) < 4.78 is 5.96. The number of ether oxygens (including phenoxy) is 1. The summed E-state index contributed by atoms with van der Waals surface area (Å²) in [6, 6.07) is -1.38. The molecule has 0 aromatic rings. The summed E-state index contributed by atoms with van der Waals surface area (Å²) in [7, 11) is 0. The quantitative estimate of drug-likeness (QED) is 0.0275. The first-order valence-corrected chi connectivity index (χ1v) is 22.7. The average molecular weight is 777 g/mol. The van der Waals surface area contributed by atoms with E-state index in [1.807, 2.05) is 0 Å². The third-order valence-electron chi connectivity index (χ3n) is 10.2. The molecular formula is C46H84N2O7. The molecule has 2 atom stereocenters. The van der Waals surface area contributed by atoms with E-state index in [2.05, 4.69) is 48.8 Å². The van der Waals surface area contributed by atoms with Crippen LogP contribution in [0.5, 0.6) is 0 Å². The second kappa shape index (κ2) is 41.0. The molecule has 320 valence electrons. The first-order valence-electron chi connectivity index (χ1n) is 22.7. The highest BCUT2D eigenvalue weighted by Gasteiger charge is 2.19. The summed E-state index contributed by atoms with van der Waals surface area (Å²) in [6.07, 6.45) is 45.2. The number of esters is 1. The van der Waals surface area contributed by atoms with Gasteiger partial charge in [0.1, 0.15) is 12.1 Å². The average Bonchev–Trinajstić information content (AvgIpc) is 3.17. The number of carboxylic acids is 1. The summed E-state index contributed by atoms with van der Waals surface area (Å²) >= 11 is 0. The van der Waals surface area contributed by atoms with Crippen molar-refractivity contribution in [3.63, 3.8) is 0 Å². The summed E-state index contributed by atoms with van der Waals surface area (Å²) in [5.41, 5.74) is 0. The van der Waals surface area contributed by atoms with E-state index in [-0.39, 0.29) is 30.9 Å². The van der Waals surface area contributed by atoms with Crippen LogP contribution in [0, 0.1) is 0 Å². The highest BCUT2D eigenvalue weighted by Crippen LogP contribution is 2.18. The van der Waals surface area contributed by atoms with E-state index in [4.69, 9.17) is 14.9 Å². The van der Waals surface area contributed by atoms with E-state index < -0.39 is 24.5 Å². The molecule has 55 heavy (non-hydrogen) atoms. The van der Waals surface area contributed by atoms with Gasteiger partial charge in [0.25, 0.3) is 0 Å². The zero-order valence-electron chi connectivity index (χ0n) is 35.4. The summed E-state index contributed by atoms with van der Waals surface area (Å²) in [6.45, 7) is 3.43. The number of unbranched alkanes of at least 4 members (excludes halogenated alkanes) is 23. The number of nitrogens with one attached hydrogen (secondary N) is 2. The van der Waals surface area contributed by atoms with Crippen LogP contribution >= 0.6 is 0 Å². The summed E-state index contributed by atoms with van der Waals surface area (Å²) in [5, 5.41) is 22.5. The van der Waals surface area contributed by atoms with E-state index >= 15 is 0 Å². The molecule has 0 rings (SSSR count). The van der Waals surface area contributed by atoms with Crippen molar-refractivity contribution in [2.75, 3.05) is 13.2 Å². The fraction of sp³-hybridized carbons (Fsp3) is 0.826. The number of allylic oxidation sites excluding steroid dienone is 4. The van der Waals surface area contributed by atoms with Crippen molar-refractivity contribution in [3.05, 3.63) is 24.3 Å². The Morgan fingerprint density at radius 1 is 0.545 bits per heavy atom. The Morgan fingerprint density at radius 2 is 0.982 bits per heavy atom. The SMILES string of the molecule is CCCCCCC/C=C\C/C=C\CCCCCCCCCCCCCC(=O)OC(CCCCCCC)CCCCCCC(=O)NCC(=O)NC(CO)C(=O)O. The predicted molar refractivity (Wildman–Crippen MR) is 227 cm³/mol. The number of hydrogen-bond donors (Lipinski definition) is 4. The molecule has 0 saturated heterocycles. The van der Waals surface area contributed by atoms with Crippen LogP contribution in [-0.4, -0.2) is 59.3 Å². The van der Waals surface area contributed by atoms with Crippen molar-refractivity contribution in [2.45, 2.75) is 231 Å². The predicted octanol–water partition coefficient (Wildman–Crippen LogP) is 11.2. The van der Waals surface area contributed by atoms with Gasteiger partial charge in [0.15, 0.2) is 0 Å². The fourth-order valence-corrected chi connectivity index (χ4v) is 6.69. The van der Waals surface area contributed by atoms with Gasteiger partial charge in [-0.25, -0.2) is 4.79 Å². The smallest absolute Gasteiger partial charge is 0.328 e. The maximum Gasteiger partial charge on any atom is 0.328 e. The first-order chi connectivity index (χ1) is 26.8. The molecule has 0 saturated carbocycles. The Bertz CT molecular complexity index is 983. The van der Waals surface area contributed by atoms with Crippen LogP contribution in [0.15, 0.2) is 24.3 Å². The minimum Gasteiger partial charge on any atom is -0.480 e. The lowest BCUT2D eigenvalue weighted by atomic mass is 10.0. The lowest BCUT2D eigenvalue weighted by Crippen LogP contribution is -2.47. The largest absolute Gasteiger partial charge is 0.480 e. The van der Waals surface area contributed by atoms with Gasteiger partial charge in [-0.05, 0) is 70.6 Å². The molecule has 0 bridgehead atoms. The van der Waals surface area contributed by atoms with Gasteiger partial charge in [-0.3, -0.25) is 14.4 Å². The molecule has 0 spiro atoms. The number of carboxylic acid groups (broad SMARTS) is 1. The first kappa shape index (κ1) is 52.3. The molecule has 0 aromatic heterocycles. The number of hydrogen-bond acceptors (Lipinski definition) is 6. The van der Waals surface area contributed by atoms with Crippen LogP contribution in [0.25, 0.3) is 0 Å². The second-order valence-electron chi connectivity index (χ2n) is 15.5. The zero-order chi connectivity index (χ0) is 40.5. The number of carbonyl (C=O) groups is 4. The van der Waals surface area contributed by atoms with Crippen LogP contribution in [0.3, 0.4) is 0 Å². The van der Waals surface area contributed by atoms with E-state index in [0.717, 1.165) is 57.8 Å². The Kier molecular flexibility index (Phi) is 39.0. The standard InChI is InChI=1S/C46H84N2O7/c1-3-5-7-9-10-11-12-13-14-15-16-17-18-19-20-21-22-23-24-25-26-28-34-38-45(52)55-41(35-31-27-8-6-4-2)36-32-29-30-33-37-43(50)47-39-44(51)48-42(40-49)46(53)54/h12-13,15-16,41-42,49H,3-11,14,17-40H2,1-2H3,(H,47,50)(H,48,51)(H,53,54)/b13-12-,16-15-. The molecule has 0 aliphatic heterocycles. The lowest BCUT2D eigenvalue weighted by molar-refractivity contribution is -0.150. The summed E-state index contributed by atoms with van der Waals surface area (Å²) in [4.78, 5) is 47.4. The van der Waals surface area contributed by atoms with E-state index in [1.165, 1.54) is 128 Å². The molecule has 2 unspecified atom stereocenters. The van der Waals surface area contributed by atoms with Crippen LogP contribution in [0.4, 0.5) is 0 Å². The van der Waals surface area contributed by atoms with Gasteiger partial charge in [-0.2, -0.15) is 0 Å². The molecule has 0 radical (unpaired) electrons. The number of aliphatic carboxylic acids is 1. The normalized spacial score (nSPS) is 12.6. The highest BCUT2D eigenvalue weighted by molar-refractivity contribution is 5.87. The fourth-order valence-electron chi connectivity index (χ4n) is 6.69. The topological polar surface area (TPSA) is 142 Å². The molecule has 0 aliphatic rings. The van der Waals surface area contributed by atoms with Gasteiger partial charge >= 0.3 is 11.9 Å². The van der Waals surface area contributed by atoms with Crippen LogP contribution < -0.4 is 10.6 Å². The van der Waals surface area contributed by atoms with Crippen molar-refractivity contribution < 1.29 is 34.1 Å². The summed E-state index contributed by atoms with van der Waals surface area (Å²) in [5.74, 6) is -2.33. The lowest BCUT2D eigenvalue weighted by Gasteiger charge is -2.18. The molecule has 4 N–H and O–H groups in total. The minimum atomic E-state index is -1.38. The maximum atomic E-state index is 12.7. The molecule has 9 heteroatoms. The van der Waals surface area contributed by atoms with Crippen molar-refractivity contribution >= 4 is 23.8 Å². The van der Waals surface area contributed by atoms with Crippen LogP contribution in [-0.2, 0) is 23.9 Å². The monoisotopic (exact) mass is 777 g/mol. The number of amides is 2. The Morgan fingerprint density at radius 3 is 1.45 bits per heavy atom. The Labute approximate surface area is 336 Å². The van der Waals surface area contributed by atoms with Gasteiger partial charge in [-0.15, -0.1) is 0 Å². The van der Waals surface area contributed by atoms with Crippen molar-refractivity contribution in [1.29, 1.82) is 0 Å². The van der Waals surface area contributed by atoms with Crippen molar-refractivity contribution in [3.8, 4) is 0 Å². The second-order valence-corrected chi connectivity index (χ2v) is 15.5. The van der Waals surface area contributed by atoms with Gasteiger partial charge < -0.3 is 25.6 Å². The molecule has 0 aromatic carbocycles. The van der Waals surface area contributed by atoms with Crippen molar-refractivity contribution in [1.82, 2.24) is 10.6 Å². The van der Waals surface area contributed by atoms with Gasteiger partial charge in [0, 0.05) is 12.8 Å². The number of rotatable bonds is 41. The minimum absolute atomic E-state index is 0.0390. The zero-order valence-corrected chi connectivity index (χ0v) is 35.4. The van der Waals surface area contributed by atoms with E-state index in [0.29, 0.717) is 12.8 Å². The van der Waals surface area contributed by atoms with E-state index in [1.54, 1.807) is 0 Å². The molecule has 9 nitrogen and oxygen atoms in total.